The Hall–Kier alpha value is -2.02. The summed E-state index contributed by atoms with van der Waals surface area (Å²) in [7, 11) is 0. The molecule has 0 amide bonds. The molecule has 0 fully saturated rings. The first-order valence-electron chi connectivity index (χ1n) is 9.02. The molecular formula is C20H28O6. The maximum absolute atomic E-state index is 9.84. The highest BCUT2D eigenvalue weighted by molar-refractivity contribution is 5.42. The van der Waals surface area contributed by atoms with Crippen LogP contribution in [0.1, 0.15) is 42.4 Å². The molecule has 0 unspecified atom stereocenters. The number of phenolic OH excluding ortho intramolecular Hbond substituents is 1. The van der Waals surface area contributed by atoms with E-state index in [0.29, 0.717) is 12.8 Å². The molecule has 2 rings (SSSR count). The quantitative estimate of drug-likeness (QED) is 0.488. The molecule has 0 spiro atoms. The maximum Gasteiger partial charge on any atom is 0.161 e. The van der Waals surface area contributed by atoms with Crippen LogP contribution in [0.2, 0.25) is 0 Å². The lowest BCUT2D eigenvalue weighted by Crippen LogP contribution is -2.21. The normalized spacial score (nSPS) is 12.3. The van der Waals surface area contributed by atoms with E-state index in [1.807, 2.05) is 6.07 Å². The number of ether oxygens (including phenoxy) is 1. The van der Waals surface area contributed by atoms with Gasteiger partial charge in [-0.25, -0.2) is 0 Å². The molecule has 6 heteroatoms. The molecule has 26 heavy (non-hydrogen) atoms. The number of unbranched alkanes of at least 4 members (excludes halogenated alkanes) is 1. The lowest BCUT2D eigenvalue weighted by atomic mass is 10.1. The van der Waals surface area contributed by atoms with Gasteiger partial charge in [0.05, 0.1) is 13.2 Å². The molecule has 0 radical (unpaired) electrons. The second-order valence-electron chi connectivity index (χ2n) is 6.37. The van der Waals surface area contributed by atoms with Crippen LogP contribution < -0.4 is 4.74 Å². The smallest absolute Gasteiger partial charge is 0.161 e. The Labute approximate surface area is 153 Å². The van der Waals surface area contributed by atoms with E-state index in [9.17, 15) is 15.3 Å². The Balaban J connectivity index is 1.99. The summed E-state index contributed by atoms with van der Waals surface area (Å²) in [6.45, 7) is 1.61. The fourth-order valence-electron chi connectivity index (χ4n) is 2.67. The van der Waals surface area contributed by atoms with Crippen LogP contribution in [0, 0.1) is 0 Å². The van der Waals surface area contributed by atoms with Gasteiger partial charge in [-0.05, 0) is 36.6 Å². The Bertz CT molecular complexity index is 679. The van der Waals surface area contributed by atoms with Crippen LogP contribution in [0.5, 0.6) is 11.5 Å². The average molecular weight is 364 g/mol. The number of aryl methyl sites for hydroxylation is 3. The van der Waals surface area contributed by atoms with Crippen molar-refractivity contribution in [3.05, 3.63) is 46.9 Å². The highest BCUT2D eigenvalue weighted by Crippen LogP contribution is 2.28. The van der Waals surface area contributed by atoms with E-state index in [-0.39, 0.29) is 24.7 Å². The molecule has 0 bridgehead atoms. The first kappa shape index (κ1) is 20.3. The van der Waals surface area contributed by atoms with Gasteiger partial charge >= 0.3 is 0 Å². The van der Waals surface area contributed by atoms with Crippen LogP contribution >= 0.6 is 0 Å². The highest BCUT2D eigenvalue weighted by Gasteiger charge is 2.12. The molecule has 1 heterocycles. The molecule has 0 saturated heterocycles. The SMILES string of the molecule is CCCCc1oc(CCc2ccc(O)c(OC[C@H](O)CO)c2)cc1CO. The van der Waals surface area contributed by atoms with Crippen molar-refractivity contribution in [2.75, 3.05) is 13.2 Å². The molecule has 0 aliphatic rings. The van der Waals surface area contributed by atoms with Crippen LogP contribution in [0.15, 0.2) is 28.7 Å². The molecule has 144 valence electrons. The van der Waals surface area contributed by atoms with E-state index in [1.54, 1.807) is 18.2 Å². The van der Waals surface area contributed by atoms with Crippen molar-refractivity contribution in [2.24, 2.45) is 0 Å². The van der Waals surface area contributed by atoms with E-state index in [0.717, 1.165) is 41.9 Å². The lowest BCUT2D eigenvalue weighted by Gasteiger charge is -2.12. The van der Waals surface area contributed by atoms with Gasteiger partial charge in [-0.2, -0.15) is 0 Å². The third-order valence-corrected chi connectivity index (χ3v) is 4.20. The number of furan rings is 1. The Morgan fingerprint density at radius 3 is 2.62 bits per heavy atom. The van der Waals surface area contributed by atoms with E-state index in [2.05, 4.69) is 6.92 Å². The molecule has 0 aliphatic heterocycles. The molecule has 6 nitrogen and oxygen atoms in total. The summed E-state index contributed by atoms with van der Waals surface area (Å²) in [5, 5.41) is 37.5. The number of aromatic hydroxyl groups is 1. The van der Waals surface area contributed by atoms with Crippen LogP contribution in [0.3, 0.4) is 0 Å². The predicted octanol–water partition coefficient (Wildman–Crippen LogP) is 2.34. The maximum atomic E-state index is 9.84. The molecular weight excluding hydrogens is 336 g/mol. The van der Waals surface area contributed by atoms with E-state index < -0.39 is 12.7 Å². The standard InChI is InChI=1S/C20H28O6/c1-2-3-4-19-15(11-21)10-17(26-19)7-5-14-6-8-18(24)20(9-14)25-13-16(23)12-22/h6,8-10,16,21-24H,2-5,7,11-13H2,1H3/t16-/m1/s1. The average Bonchev–Trinajstić information content (AvgIpc) is 3.06. The second-order valence-corrected chi connectivity index (χ2v) is 6.37. The fraction of sp³-hybridized carbons (Fsp3) is 0.500. The minimum Gasteiger partial charge on any atom is -0.504 e. The van der Waals surface area contributed by atoms with Crippen LogP contribution in [0.4, 0.5) is 0 Å². The molecule has 1 aromatic carbocycles. The number of phenols is 1. The number of rotatable bonds is 11. The second kappa shape index (κ2) is 10.2. The molecule has 1 atom stereocenters. The monoisotopic (exact) mass is 364 g/mol. The number of aliphatic hydroxyl groups is 3. The third kappa shape index (κ3) is 5.76. The van der Waals surface area contributed by atoms with Gasteiger partial charge in [0.25, 0.3) is 0 Å². The number of benzene rings is 1. The van der Waals surface area contributed by atoms with Gasteiger partial charge in [-0.1, -0.05) is 19.4 Å². The predicted molar refractivity (Wildman–Crippen MR) is 97.3 cm³/mol. The summed E-state index contributed by atoms with van der Waals surface area (Å²) in [4.78, 5) is 0. The first-order chi connectivity index (χ1) is 12.6. The molecule has 0 aliphatic carbocycles. The van der Waals surface area contributed by atoms with Gasteiger partial charge in [0.15, 0.2) is 11.5 Å². The zero-order valence-corrected chi connectivity index (χ0v) is 15.1. The van der Waals surface area contributed by atoms with Crippen LogP contribution in [0.25, 0.3) is 0 Å². The van der Waals surface area contributed by atoms with Gasteiger partial charge in [0.2, 0.25) is 0 Å². The number of hydrogen-bond donors (Lipinski definition) is 4. The largest absolute Gasteiger partial charge is 0.504 e. The van der Waals surface area contributed by atoms with Crippen molar-refractivity contribution in [2.45, 2.75) is 51.7 Å². The Morgan fingerprint density at radius 2 is 1.92 bits per heavy atom. The topological polar surface area (TPSA) is 103 Å². The summed E-state index contributed by atoms with van der Waals surface area (Å²) in [5.74, 6) is 1.94. The van der Waals surface area contributed by atoms with Crippen LogP contribution in [-0.2, 0) is 25.9 Å². The summed E-state index contributed by atoms with van der Waals surface area (Å²) in [6, 6.07) is 6.97. The molecule has 1 aromatic heterocycles. The van der Waals surface area contributed by atoms with Crippen molar-refractivity contribution in [3.8, 4) is 11.5 Å². The van der Waals surface area contributed by atoms with Crippen LogP contribution in [-0.4, -0.2) is 39.7 Å². The number of hydrogen-bond acceptors (Lipinski definition) is 6. The minimum absolute atomic E-state index is 0.0127. The third-order valence-electron chi connectivity index (χ3n) is 4.20. The van der Waals surface area contributed by atoms with Gasteiger partial charge in [0.1, 0.15) is 24.2 Å². The Morgan fingerprint density at radius 1 is 1.12 bits per heavy atom. The van der Waals surface area contributed by atoms with Crippen molar-refractivity contribution in [3.63, 3.8) is 0 Å². The van der Waals surface area contributed by atoms with Gasteiger partial charge in [-0.3, -0.25) is 0 Å². The summed E-state index contributed by atoms with van der Waals surface area (Å²) in [6.07, 6.45) is 3.30. The lowest BCUT2D eigenvalue weighted by molar-refractivity contribution is 0.0527. The van der Waals surface area contributed by atoms with Crippen molar-refractivity contribution in [1.82, 2.24) is 0 Å². The van der Waals surface area contributed by atoms with E-state index in [1.165, 1.54) is 0 Å². The molecule has 4 N–H and O–H groups in total. The minimum atomic E-state index is -0.986. The zero-order chi connectivity index (χ0) is 18.9. The van der Waals surface area contributed by atoms with Gasteiger partial charge < -0.3 is 29.6 Å². The molecule has 2 aromatic rings. The van der Waals surface area contributed by atoms with E-state index in [4.69, 9.17) is 14.3 Å². The number of aliphatic hydroxyl groups excluding tert-OH is 3. The zero-order valence-electron chi connectivity index (χ0n) is 15.1. The Kier molecular flexibility index (Phi) is 7.97. The highest BCUT2D eigenvalue weighted by atomic mass is 16.5. The van der Waals surface area contributed by atoms with Crippen molar-refractivity contribution >= 4 is 0 Å². The van der Waals surface area contributed by atoms with Gasteiger partial charge in [0, 0.05) is 18.4 Å². The van der Waals surface area contributed by atoms with E-state index >= 15 is 0 Å². The summed E-state index contributed by atoms with van der Waals surface area (Å²) in [5.41, 5.74) is 1.80. The molecule has 0 saturated carbocycles. The van der Waals surface area contributed by atoms with Crippen molar-refractivity contribution < 1.29 is 29.6 Å². The fourth-order valence-corrected chi connectivity index (χ4v) is 2.67. The van der Waals surface area contributed by atoms with Gasteiger partial charge in [-0.15, -0.1) is 0 Å². The summed E-state index contributed by atoms with van der Waals surface area (Å²) < 4.78 is 11.2. The first-order valence-corrected chi connectivity index (χ1v) is 9.02. The summed E-state index contributed by atoms with van der Waals surface area (Å²) >= 11 is 0. The van der Waals surface area contributed by atoms with Crippen molar-refractivity contribution in [1.29, 1.82) is 0 Å².